The number of hydrogen-bond acceptors (Lipinski definition) is 3. The van der Waals surface area contributed by atoms with E-state index >= 15 is 0 Å². The van der Waals surface area contributed by atoms with E-state index in [9.17, 15) is 27.5 Å². The number of benzene rings is 1. The van der Waals surface area contributed by atoms with Crippen LogP contribution in [0.5, 0.6) is 0 Å². The van der Waals surface area contributed by atoms with Crippen molar-refractivity contribution in [2.75, 3.05) is 4.90 Å². The van der Waals surface area contributed by atoms with Gasteiger partial charge in [0.15, 0.2) is 0 Å². The molecule has 0 saturated heterocycles. The third-order valence-corrected chi connectivity index (χ3v) is 4.53. The number of rotatable bonds is 4. The second-order valence-corrected chi connectivity index (χ2v) is 6.38. The van der Waals surface area contributed by atoms with Gasteiger partial charge in [-0.3, -0.25) is 4.79 Å². The molecule has 138 valence electrons. The van der Waals surface area contributed by atoms with E-state index in [4.69, 9.17) is 23.2 Å². The van der Waals surface area contributed by atoms with Gasteiger partial charge in [0.05, 0.1) is 22.8 Å². The van der Waals surface area contributed by atoms with Crippen LogP contribution in [0.4, 0.5) is 23.2 Å². The SMILES string of the molecule is O=C1N(Cc2cnc(Cl)cc2Cl)c2cccc(C(O)C(F)F)c2C1(F)F. The summed E-state index contributed by atoms with van der Waals surface area (Å²) in [7, 11) is 0. The first-order valence-electron chi connectivity index (χ1n) is 7.24. The van der Waals surface area contributed by atoms with Crippen LogP contribution in [0.15, 0.2) is 30.5 Å². The first-order valence-corrected chi connectivity index (χ1v) is 7.99. The lowest BCUT2D eigenvalue weighted by Gasteiger charge is -2.18. The van der Waals surface area contributed by atoms with Crippen molar-refractivity contribution in [3.05, 3.63) is 57.3 Å². The first-order chi connectivity index (χ1) is 12.1. The highest BCUT2D eigenvalue weighted by molar-refractivity contribution is 6.34. The lowest BCUT2D eigenvalue weighted by Crippen LogP contribution is -2.34. The number of carbonyl (C=O) groups is 1. The molecule has 0 spiro atoms. The minimum atomic E-state index is -4.06. The van der Waals surface area contributed by atoms with Crippen molar-refractivity contribution in [3.8, 4) is 0 Å². The van der Waals surface area contributed by atoms with E-state index in [0.29, 0.717) is 4.90 Å². The summed E-state index contributed by atoms with van der Waals surface area (Å²) in [5.74, 6) is -5.67. The Hall–Kier alpha value is -1.90. The normalized spacial score (nSPS) is 16.9. The lowest BCUT2D eigenvalue weighted by atomic mass is 9.98. The number of anilines is 1. The number of halogens is 6. The Balaban J connectivity index is 2.09. The van der Waals surface area contributed by atoms with Gasteiger partial charge >= 0.3 is 11.8 Å². The van der Waals surface area contributed by atoms with Crippen LogP contribution < -0.4 is 4.90 Å². The van der Waals surface area contributed by atoms with Gasteiger partial charge in [-0.15, -0.1) is 0 Å². The van der Waals surface area contributed by atoms with Crippen molar-refractivity contribution < 1.29 is 27.5 Å². The molecule has 1 aliphatic heterocycles. The zero-order valence-electron chi connectivity index (χ0n) is 12.8. The van der Waals surface area contributed by atoms with Crippen molar-refractivity contribution in [1.82, 2.24) is 4.98 Å². The molecule has 10 heteroatoms. The highest BCUT2D eigenvalue weighted by Gasteiger charge is 2.55. The first kappa shape index (κ1) is 18.9. The van der Waals surface area contributed by atoms with Gasteiger partial charge in [-0.2, -0.15) is 8.78 Å². The molecule has 1 aliphatic rings. The van der Waals surface area contributed by atoms with Gasteiger partial charge in [-0.1, -0.05) is 35.3 Å². The Labute approximate surface area is 155 Å². The maximum Gasteiger partial charge on any atom is 0.352 e. The number of pyridine rings is 1. The van der Waals surface area contributed by atoms with Crippen LogP contribution in [0, 0.1) is 0 Å². The van der Waals surface area contributed by atoms with Gasteiger partial charge in [-0.25, -0.2) is 13.8 Å². The van der Waals surface area contributed by atoms with Crippen molar-refractivity contribution in [2.45, 2.75) is 25.0 Å². The molecule has 0 bridgehead atoms. The molecule has 1 aromatic heterocycles. The molecule has 26 heavy (non-hydrogen) atoms. The largest absolute Gasteiger partial charge is 0.382 e. The third kappa shape index (κ3) is 3.02. The zero-order valence-corrected chi connectivity index (χ0v) is 14.3. The smallest absolute Gasteiger partial charge is 0.352 e. The van der Waals surface area contributed by atoms with E-state index in [1.807, 2.05) is 0 Å². The second kappa shape index (κ2) is 6.68. The quantitative estimate of drug-likeness (QED) is 0.605. The fourth-order valence-corrected chi connectivity index (χ4v) is 3.20. The van der Waals surface area contributed by atoms with Crippen molar-refractivity contribution in [3.63, 3.8) is 0 Å². The molecule has 0 fully saturated rings. The molecule has 1 atom stereocenters. The Morgan fingerprint density at radius 2 is 1.96 bits per heavy atom. The number of fused-ring (bicyclic) bond motifs is 1. The van der Waals surface area contributed by atoms with Gasteiger partial charge in [0.2, 0.25) is 0 Å². The molecule has 2 aromatic rings. The molecule has 0 aliphatic carbocycles. The molecule has 1 amide bonds. The highest BCUT2D eigenvalue weighted by Crippen LogP contribution is 2.48. The average Bonchev–Trinajstić information content (AvgIpc) is 2.77. The minimum Gasteiger partial charge on any atom is -0.382 e. The Bertz CT molecular complexity index is 879. The summed E-state index contributed by atoms with van der Waals surface area (Å²) in [5.41, 5.74) is -1.66. The second-order valence-electron chi connectivity index (χ2n) is 5.58. The number of aliphatic hydroxyl groups is 1. The predicted octanol–water partition coefficient (Wildman–Crippen LogP) is 4.33. The number of amides is 1. The highest BCUT2D eigenvalue weighted by atomic mass is 35.5. The Morgan fingerprint density at radius 3 is 2.58 bits per heavy atom. The fourth-order valence-electron chi connectivity index (χ4n) is 2.77. The van der Waals surface area contributed by atoms with Gasteiger partial charge < -0.3 is 10.0 Å². The summed E-state index contributed by atoms with van der Waals surface area (Å²) in [6.07, 6.45) is -4.49. The number of nitrogens with zero attached hydrogens (tertiary/aromatic N) is 2. The van der Waals surface area contributed by atoms with Crippen molar-refractivity contribution in [2.24, 2.45) is 0 Å². The summed E-state index contributed by atoms with van der Waals surface area (Å²) in [6.45, 7) is -0.362. The van der Waals surface area contributed by atoms with Gasteiger partial charge in [0, 0.05) is 11.8 Å². The summed E-state index contributed by atoms with van der Waals surface area (Å²) in [5, 5.41) is 9.76. The maximum atomic E-state index is 14.5. The molecular formula is C16H10Cl2F4N2O2. The molecule has 1 N–H and O–H groups in total. The molecule has 0 radical (unpaired) electrons. The summed E-state index contributed by atoms with van der Waals surface area (Å²) < 4.78 is 54.7. The van der Waals surface area contributed by atoms with Crippen molar-refractivity contribution in [1.29, 1.82) is 0 Å². The van der Waals surface area contributed by atoms with E-state index in [1.54, 1.807) is 0 Å². The average molecular weight is 409 g/mol. The van der Waals surface area contributed by atoms with E-state index in [0.717, 1.165) is 6.07 Å². The van der Waals surface area contributed by atoms with E-state index in [1.165, 1.54) is 24.4 Å². The van der Waals surface area contributed by atoms with Gasteiger partial charge in [0.1, 0.15) is 11.3 Å². The van der Waals surface area contributed by atoms with Crippen LogP contribution in [-0.4, -0.2) is 22.4 Å². The predicted molar refractivity (Wildman–Crippen MR) is 86.7 cm³/mol. The number of aromatic nitrogens is 1. The summed E-state index contributed by atoms with van der Waals surface area (Å²) in [4.78, 5) is 16.7. The zero-order chi connectivity index (χ0) is 19.2. The molecule has 2 heterocycles. The van der Waals surface area contributed by atoms with Crippen LogP contribution in [0.3, 0.4) is 0 Å². The minimum absolute atomic E-state index is 0.0829. The maximum absolute atomic E-state index is 14.5. The molecule has 1 unspecified atom stereocenters. The fraction of sp³-hybridized carbons (Fsp3) is 0.250. The number of alkyl halides is 4. The monoisotopic (exact) mass is 408 g/mol. The third-order valence-electron chi connectivity index (χ3n) is 3.98. The van der Waals surface area contributed by atoms with Crippen LogP contribution in [0.2, 0.25) is 10.2 Å². The van der Waals surface area contributed by atoms with E-state index in [2.05, 4.69) is 4.98 Å². The Kier molecular flexibility index (Phi) is 4.85. The molecule has 1 aromatic carbocycles. The van der Waals surface area contributed by atoms with E-state index < -0.39 is 35.5 Å². The summed E-state index contributed by atoms with van der Waals surface area (Å²) >= 11 is 11.7. The Morgan fingerprint density at radius 1 is 1.27 bits per heavy atom. The molecule has 4 nitrogen and oxygen atoms in total. The van der Waals surface area contributed by atoms with Crippen LogP contribution in [-0.2, 0) is 17.3 Å². The summed E-state index contributed by atoms with van der Waals surface area (Å²) in [6, 6.07) is 4.63. The molecule has 3 rings (SSSR count). The topological polar surface area (TPSA) is 53.4 Å². The van der Waals surface area contributed by atoms with E-state index in [-0.39, 0.29) is 28.0 Å². The van der Waals surface area contributed by atoms with Crippen LogP contribution in [0.25, 0.3) is 0 Å². The van der Waals surface area contributed by atoms with Gasteiger partial charge in [0.25, 0.3) is 6.43 Å². The number of carbonyl (C=O) groups excluding carboxylic acids is 1. The number of aliphatic hydroxyl groups excluding tert-OH is 1. The molecule has 0 saturated carbocycles. The number of hydrogen-bond donors (Lipinski definition) is 1. The van der Waals surface area contributed by atoms with Crippen LogP contribution in [0.1, 0.15) is 22.8 Å². The standard InChI is InChI=1S/C16H10Cl2F4N2O2/c17-9-4-11(18)23-5-7(9)6-24-10-3-1-2-8(13(25)14(19)20)12(10)16(21,22)15(24)26/h1-5,13-14,25H,6H2. The van der Waals surface area contributed by atoms with Crippen molar-refractivity contribution >= 4 is 34.8 Å². The van der Waals surface area contributed by atoms with Crippen LogP contribution >= 0.6 is 23.2 Å². The molecular weight excluding hydrogens is 399 g/mol. The van der Waals surface area contributed by atoms with Gasteiger partial charge in [-0.05, 0) is 17.7 Å². The lowest BCUT2D eigenvalue weighted by molar-refractivity contribution is -0.142.